The van der Waals surface area contributed by atoms with Gasteiger partial charge in [-0.2, -0.15) is 0 Å². The molecule has 0 aliphatic rings. The highest BCUT2D eigenvalue weighted by atomic mass is 35.5. The molecule has 27 heavy (non-hydrogen) atoms. The lowest BCUT2D eigenvalue weighted by Crippen LogP contribution is -2.14. The van der Waals surface area contributed by atoms with Gasteiger partial charge in [0.05, 0.1) is 11.2 Å². The maximum absolute atomic E-state index is 13.7. The average molecular weight is 402 g/mol. The molecule has 4 rings (SSSR count). The Labute approximate surface area is 160 Å². The number of hydrogen-bond acceptors (Lipinski definition) is 3. The SMILES string of the molecule is O=S(=O)(c1cc(F)ccc1O)n1c(-c2ccccc2)cc2cc(Cl)ccc21. The molecule has 1 aromatic heterocycles. The lowest BCUT2D eigenvalue weighted by Gasteiger charge is -2.13. The van der Waals surface area contributed by atoms with Gasteiger partial charge < -0.3 is 5.11 Å². The van der Waals surface area contributed by atoms with Crippen molar-refractivity contribution in [3.05, 3.63) is 83.6 Å². The summed E-state index contributed by atoms with van der Waals surface area (Å²) in [4.78, 5) is -0.507. The minimum atomic E-state index is -4.28. The quantitative estimate of drug-likeness (QED) is 0.523. The second kappa shape index (κ2) is 6.40. The Kier molecular flexibility index (Phi) is 4.17. The van der Waals surface area contributed by atoms with Crippen LogP contribution in [0.2, 0.25) is 5.02 Å². The van der Waals surface area contributed by atoms with Crippen LogP contribution < -0.4 is 0 Å². The topological polar surface area (TPSA) is 59.3 Å². The smallest absolute Gasteiger partial charge is 0.272 e. The van der Waals surface area contributed by atoms with E-state index >= 15 is 0 Å². The number of phenols is 1. The summed E-state index contributed by atoms with van der Waals surface area (Å²) in [6.45, 7) is 0. The Hall–Kier alpha value is -2.83. The van der Waals surface area contributed by atoms with Crippen molar-refractivity contribution in [3.8, 4) is 17.0 Å². The predicted octanol–water partition coefficient (Wildman–Crippen LogP) is 5.04. The van der Waals surface area contributed by atoms with Crippen molar-refractivity contribution in [2.24, 2.45) is 0 Å². The van der Waals surface area contributed by atoms with Crippen molar-refractivity contribution >= 4 is 32.5 Å². The van der Waals surface area contributed by atoms with Gasteiger partial charge >= 0.3 is 0 Å². The summed E-state index contributed by atoms with van der Waals surface area (Å²) in [5.74, 6) is -1.28. The van der Waals surface area contributed by atoms with Gasteiger partial charge in [-0.1, -0.05) is 41.9 Å². The minimum Gasteiger partial charge on any atom is -0.507 e. The van der Waals surface area contributed by atoms with Gasteiger partial charge in [0.25, 0.3) is 10.0 Å². The van der Waals surface area contributed by atoms with E-state index < -0.39 is 26.5 Å². The van der Waals surface area contributed by atoms with Gasteiger partial charge in [0.15, 0.2) is 0 Å². The van der Waals surface area contributed by atoms with Gasteiger partial charge in [-0.05, 0) is 48.0 Å². The number of nitrogens with zero attached hydrogens (tertiary/aromatic N) is 1. The minimum absolute atomic E-state index is 0.377. The molecule has 0 aliphatic carbocycles. The zero-order chi connectivity index (χ0) is 19.2. The summed E-state index contributed by atoms with van der Waals surface area (Å²) in [5.41, 5.74) is 1.42. The summed E-state index contributed by atoms with van der Waals surface area (Å²) in [6.07, 6.45) is 0. The largest absolute Gasteiger partial charge is 0.507 e. The zero-order valence-electron chi connectivity index (χ0n) is 13.8. The summed E-state index contributed by atoms with van der Waals surface area (Å²) in [7, 11) is -4.28. The van der Waals surface area contributed by atoms with Crippen LogP contribution in [0.3, 0.4) is 0 Å². The van der Waals surface area contributed by atoms with Gasteiger partial charge in [-0.25, -0.2) is 16.8 Å². The van der Waals surface area contributed by atoms with Crippen molar-refractivity contribution in [2.45, 2.75) is 4.90 Å². The van der Waals surface area contributed by atoms with Crippen LogP contribution in [0.1, 0.15) is 0 Å². The Morgan fingerprint density at radius 2 is 1.67 bits per heavy atom. The van der Waals surface area contributed by atoms with E-state index in [1.165, 1.54) is 0 Å². The molecule has 0 radical (unpaired) electrons. The van der Waals surface area contributed by atoms with Gasteiger partial charge in [0, 0.05) is 10.4 Å². The molecule has 7 heteroatoms. The molecule has 1 N–H and O–H groups in total. The molecule has 0 fully saturated rings. The highest BCUT2D eigenvalue weighted by Crippen LogP contribution is 2.35. The average Bonchev–Trinajstić information content (AvgIpc) is 3.03. The van der Waals surface area contributed by atoms with Crippen molar-refractivity contribution in [3.63, 3.8) is 0 Å². The first-order valence-electron chi connectivity index (χ1n) is 7.98. The number of halogens is 2. The number of phenolic OH excluding ortho intramolecular Hbond substituents is 1. The van der Waals surface area contributed by atoms with Crippen LogP contribution in [0.15, 0.2) is 77.7 Å². The molecule has 3 aromatic carbocycles. The van der Waals surface area contributed by atoms with Gasteiger partial charge in [0.1, 0.15) is 16.5 Å². The van der Waals surface area contributed by atoms with Crippen molar-refractivity contribution in [1.29, 1.82) is 0 Å². The third kappa shape index (κ3) is 2.97. The van der Waals surface area contributed by atoms with Crippen LogP contribution in [0.4, 0.5) is 4.39 Å². The molecule has 0 amide bonds. The van der Waals surface area contributed by atoms with Crippen LogP contribution in [0, 0.1) is 5.82 Å². The monoisotopic (exact) mass is 401 g/mol. The van der Waals surface area contributed by atoms with E-state index in [4.69, 9.17) is 11.6 Å². The maximum atomic E-state index is 13.7. The normalized spacial score (nSPS) is 11.8. The van der Waals surface area contributed by atoms with Crippen LogP contribution in [0.5, 0.6) is 5.75 Å². The maximum Gasteiger partial charge on any atom is 0.272 e. The lowest BCUT2D eigenvalue weighted by molar-refractivity contribution is 0.455. The molecular formula is C20H13ClFNO3S. The molecule has 0 spiro atoms. The fourth-order valence-electron chi connectivity index (χ4n) is 3.02. The van der Waals surface area contributed by atoms with E-state index in [-0.39, 0.29) is 0 Å². The van der Waals surface area contributed by atoms with Crippen LogP contribution in [-0.2, 0) is 10.0 Å². The molecule has 0 aliphatic heterocycles. The summed E-state index contributed by atoms with van der Waals surface area (Å²) in [5, 5.41) is 11.1. The van der Waals surface area contributed by atoms with E-state index in [1.807, 2.05) is 6.07 Å². The van der Waals surface area contributed by atoms with E-state index in [0.717, 1.165) is 22.2 Å². The predicted molar refractivity (Wildman–Crippen MR) is 103 cm³/mol. The van der Waals surface area contributed by atoms with Gasteiger partial charge in [-0.3, -0.25) is 0 Å². The first-order valence-corrected chi connectivity index (χ1v) is 9.80. The fraction of sp³-hybridized carbons (Fsp3) is 0. The Bertz CT molecular complexity index is 1270. The second-order valence-electron chi connectivity index (χ2n) is 5.98. The number of benzene rings is 3. The highest BCUT2D eigenvalue weighted by Gasteiger charge is 2.27. The first kappa shape index (κ1) is 17.6. The van der Waals surface area contributed by atoms with Crippen LogP contribution in [-0.4, -0.2) is 17.5 Å². The number of rotatable bonds is 3. The van der Waals surface area contributed by atoms with Gasteiger partial charge in [0.2, 0.25) is 0 Å². The molecule has 4 aromatic rings. The molecule has 0 bridgehead atoms. The highest BCUT2D eigenvalue weighted by molar-refractivity contribution is 7.90. The van der Waals surface area contributed by atoms with Crippen LogP contribution >= 0.6 is 11.6 Å². The molecular weight excluding hydrogens is 389 g/mol. The fourth-order valence-corrected chi connectivity index (χ4v) is 4.84. The molecule has 0 saturated carbocycles. The molecule has 1 heterocycles. The first-order chi connectivity index (χ1) is 12.9. The van der Waals surface area contributed by atoms with E-state index in [2.05, 4.69) is 0 Å². The Balaban J connectivity index is 2.10. The molecule has 4 nitrogen and oxygen atoms in total. The standard InChI is InChI=1S/C20H13ClFNO3S/c21-15-6-8-17-14(10-15)11-18(13-4-2-1-3-5-13)23(17)27(25,26)20-12-16(22)7-9-19(20)24/h1-12,24H. The van der Waals surface area contributed by atoms with Crippen molar-refractivity contribution < 1.29 is 17.9 Å². The number of hydrogen-bond donors (Lipinski definition) is 1. The summed E-state index contributed by atoms with van der Waals surface area (Å²) in [6, 6.07) is 18.3. The molecule has 0 atom stereocenters. The van der Waals surface area contributed by atoms with Crippen molar-refractivity contribution in [2.75, 3.05) is 0 Å². The Morgan fingerprint density at radius 3 is 2.41 bits per heavy atom. The van der Waals surface area contributed by atoms with Crippen LogP contribution in [0.25, 0.3) is 22.2 Å². The van der Waals surface area contributed by atoms with Gasteiger partial charge in [-0.15, -0.1) is 0 Å². The zero-order valence-corrected chi connectivity index (χ0v) is 15.4. The summed E-state index contributed by atoms with van der Waals surface area (Å²) >= 11 is 6.06. The van der Waals surface area contributed by atoms with E-state index in [9.17, 15) is 17.9 Å². The summed E-state index contributed by atoms with van der Waals surface area (Å²) < 4.78 is 41.5. The second-order valence-corrected chi connectivity index (χ2v) is 8.17. The van der Waals surface area contributed by atoms with Crippen molar-refractivity contribution in [1.82, 2.24) is 3.97 Å². The number of aromatic hydroxyl groups is 1. The number of fused-ring (bicyclic) bond motifs is 1. The molecule has 0 saturated heterocycles. The lowest BCUT2D eigenvalue weighted by atomic mass is 10.1. The number of aromatic nitrogens is 1. The molecule has 136 valence electrons. The Morgan fingerprint density at radius 1 is 0.926 bits per heavy atom. The van der Waals surface area contributed by atoms with E-state index in [1.54, 1.807) is 48.5 Å². The van der Waals surface area contributed by atoms with E-state index in [0.29, 0.717) is 27.2 Å². The third-order valence-corrected chi connectivity index (χ3v) is 6.22. The third-order valence-electron chi connectivity index (χ3n) is 4.23. The molecule has 0 unspecified atom stereocenters.